The van der Waals surface area contributed by atoms with E-state index in [2.05, 4.69) is 6.92 Å². The molecule has 4 aromatic rings. The van der Waals surface area contributed by atoms with Gasteiger partial charge in [-0.25, -0.2) is 14.4 Å². The number of aromatic hydroxyl groups is 1. The molecule has 1 aliphatic rings. The predicted octanol–water partition coefficient (Wildman–Crippen LogP) is 6.43. The molecule has 0 saturated heterocycles. The Kier molecular flexibility index (Phi) is 6.73. The zero-order valence-electron chi connectivity index (χ0n) is 21.5. The zero-order chi connectivity index (χ0) is 26.3. The Balaban J connectivity index is 1.70. The van der Waals surface area contributed by atoms with Crippen molar-refractivity contribution in [1.29, 1.82) is 0 Å². The minimum atomic E-state index is -0.365. The van der Waals surface area contributed by atoms with Gasteiger partial charge in [0.05, 0.1) is 23.4 Å². The van der Waals surface area contributed by atoms with Crippen molar-refractivity contribution in [2.45, 2.75) is 47.0 Å². The number of pyridine rings is 1. The average Bonchev–Trinajstić information content (AvgIpc) is 3.23. The molecule has 2 aromatic carbocycles. The number of carbonyl (C=O) groups excluding carboxylic acids is 1. The number of fused-ring (bicyclic) bond motifs is 2. The fourth-order valence-corrected chi connectivity index (χ4v) is 6.14. The van der Waals surface area contributed by atoms with E-state index in [9.17, 15) is 14.7 Å². The summed E-state index contributed by atoms with van der Waals surface area (Å²) in [7, 11) is 0. The molecule has 0 amide bonds. The summed E-state index contributed by atoms with van der Waals surface area (Å²) in [5.74, 6) is -0.0691. The number of carbonyl (C=O) groups is 1. The molecule has 1 atom stereocenters. The summed E-state index contributed by atoms with van der Waals surface area (Å²) in [6, 6.07) is 12.8. The van der Waals surface area contributed by atoms with Crippen molar-refractivity contribution in [3.8, 4) is 11.6 Å². The van der Waals surface area contributed by atoms with E-state index in [1.807, 2.05) is 38.1 Å². The Morgan fingerprint density at radius 2 is 1.95 bits per heavy atom. The van der Waals surface area contributed by atoms with Crippen molar-refractivity contribution in [3.63, 3.8) is 0 Å². The molecule has 190 valence electrons. The van der Waals surface area contributed by atoms with Gasteiger partial charge in [0.15, 0.2) is 0 Å². The smallest absolute Gasteiger partial charge is 0.341 e. The molecule has 7 heteroatoms. The number of esters is 1. The quantitative estimate of drug-likeness (QED) is 0.246. The fourth-order valence-electron chi connectivity index (χ4n) is 4.97. The van der Waals surface area contributed by atoms with Crippen LogP contribution in [0.4, 0.5) is 5.00 Å². The van der Waals surface area contributed by atoms with Crippen molar-refractivity contribution in [3.05, 3.63) is 85.5 Å². The van der Waals surface area contributed by atoms with E-state index in [4.69, 9.17) is 9.73 Å². The summed E-state index contributed by atoms with van der Waals surface area (Å²) >= 11 is 1.51. The van der Waals surface area contributed by atoms with E-state index in [0.29, 0.717) is 38.5 Å². The fraction of sp³-hybridized carbons (Fsp3) is 0.300. The number of hydrogen-bond acceptors (Lipinski definition) is 6. The maximum atomic E-state index is 13.5. The van der Waals surface area contributed by atoms with Gasteiger partial charge < -0.3 is 9.84 Å². The van der Waals surface area contributed by atoms with Crippen molar-refractivity contribution >= 4 is 39.3 Å². The lowest BCUT2D eigenvalue weighted by molar-refractivity contribution is 0.0526. The standard InChI is InChI=1S/C30H30N2O4S/c1-5-36-30(35)26-23-14-17(2)10-13-25(23)37-27(26)31-16-24-21-8-6-7-9-22(21)28(33)32(29(24)34)20-12-11-18(3)19(4)15-20/h6-9,11-12,15-17,34H,5,10,13-14H2,1-4H3/t17-/m0/s1. The highest BCUT2D eigenvalue weighted by atomic mass is 32.1. The van der Waals surface area contributed by atoms with Gasteiger partial charge in [-0.15, -0.1) is 11.3 Å². The van der Waals surface area contributed by atoms with Crippen molar-refractivity contribution in [1.82, 2.24) is 4.57 Å². The Morgan fingerprint density at radius 3 is 2.68 bits per heavy atom. The molecule has 37 heavy (non-hydrogen) atoms. The van der Waals surface area contributed by atoms with E-state index in [0.717, 1.165) is 36.0 Å². The van der Waals surface area contributed by atoms with Crippen LogP contribution in [-0.4, -0.2) is 28.5 Å². The van der Waals surface area contributed by atoms with Gasteiger partial charge >= 0.3 is 5.97 Å². The Bertz CT molecular complexity index is 1610. The second kappa shape index (κ2) is 9.98. The summed E-state index contributed by atoms with van der Waals surface area (Å²) in [4.78, 5) is 32.3. The third-order valence-corrected chi connectivity index (χ3v) is 8.33. The van der Waals surface area contributed by atoms with Crippen molar-refractivity contribution in [2.75, 3.05) is 6.61 Å². The highest BCUT2D eigenvalue weighted by molar-refractivity contribution is 7.16. The minimum absolute atomic E-state index is 0.191. The molecule has 6 nitrogen and oxygen atoms in total. The van der Waals surface area contributed by atoms with Crippen molar-refractivity contribution < 1.29 is 14.6 Å². The first-order valence-electron chi connectivity index (χ1n) is 12.6. The first kappa shape index (κ1) is 25.0. The highest BCUT2D eigenvalue weighted by Crippen LogP contribution is 2.42. The summed E-state index contributed by atoms with van der Waals surface area (Å²) in [6.45, 7) is 8.25. The molecule has 0 saturated carbocycles. The Hall–Kier alpha value is -3.71. The van der Waals surface area contributed by atoms with E-state index in [-0.39, 0.29) is 24.0 Å². The molecule has 2 heterocycles. The number of rotatable bonds is 5. The number of benzene rings is 2. The number of aryl methyl sites for hydroxylation is 3. The summed E-state index contributed by atoms with van der Waals surface area (Å²) < 4.78 is 6.71. The maximum Gasteiger partial charge on any atom is 0.341 e. The van der Waals surface area contributed by atoms with Crippen LogP contribution in [-0.2, 0) is 17.6 Å². The number of aromatic nitrogens is 1. The lowest BCUT2D eigenvalue weighted by atomic mass is 9.88. The van der Waals surface area contributed by atoms with Crippen LogP contribution in [0.1, 0.15) is 57.8 Å². The molecule has 0 radical (unpaired) electrons. The van der Waals surface area contributed by atoms with Crippen LogP contribution >= 0.6 is 11.3 Å². The van der Waals surface area contributed by atoms with Crippen LogP contribution in [0.3, 0.4) is 0 Å². The number of thiophene rings is 1. The van der Waals surface area contributed by atoms with E-state index in [1.54, 1.807) is 31.3 Å². The van der Waals surface area contributed by atoms with Gasteiger partial charge in [0.1, 0.15) is 5.00 Å². The van der Waals surface area contributed by atoms with Gasteiger partial charge in [-0.2, -0.15) is 0 Å². The summed E-state index contributed by atoms with van der Waals surface area (Å²) in [5, 5.41) is 13.1. The van der Waals surface area contributed by atoms with Gasteiger partial charge in [-0.05, 0) is 80.8 Å². The van der Waals surface area contributed by atoms with Crippen LogP contribution in [0.25, 0.3) is 16.5 Å². The van der Waals surface area contributed by atoms with Crippen LogP contribution in [0, 0.1) is 19.8 Å². The summed E-state index contributed by atoms with van der Waals surface area (Å²) in [5.41, 5.74) is 4.37. The molecule has 0 bridgehead atoms. The zero-order valence-corrected chi connectivity index (χ0v) is 22.3. The molecule has 0 aliphatic heterocycles. The van der Waals surface area contributed by atoms with E-state index >= 15 is 0 Å². The molecule has 0 unspecified atom stereocenters. The molecular formula is C30H30N2O4S. The largest absolute Gasteiger partial charge is 0.494 e. The molecule has 1 N–H and O–H groups in total. The molecule has 5 rings (SSSR count). The first-order valence-corrected chi connectivity index (χ1v) is 13.4. The monoisotopic (exact) mass is 514 g/mol. The predicted molar refractivity (Wildman–Crippen MR) is 149 cm³/mol. The van der Waals surface area contributed by atoms with Crippen LogP contribution < -0.4 is 5.56 Å². The normalized spacial score (nSPS) is 15.3. The number of aliphatic imine (C=N–C) groups is 1. The lowest BCUT2D eigenvalue weighted by Crippen LogP contribution is -2.20. The Morgan fingerprint density at radius 1 is 1.19 bits per heavy atom. The number of nitrogens with zero attached hydrogens (tertiary/aromatic N) is 2. The van der Waals surface area contributed by atoms with Crippen LogP contribution in [0.2, 0.25) is 0 Å². The van der Waals surface area contributed by atoms with Gasteiger partial charge in [0.2, 0.25) is 5.88 Å². The van der Waals surface area contributed by atoms with E-state index < -0.39 is 0 Å². The lowest BCUT2D eigenvalue weighted by Gasteiger charge is -2.18. The SMILES string of the molecule is CCOC(=O)c1c(N=Cc2c(O)n(-c3ccc(C)c(C)c3)c(=O)c3ccccc23)sc2c1C[C@@H](C)CC2. The van der Waals surface area contributed by atoms with Gasteiger partial charge in [0.25, 0.3) is 5.56 Å². The van der Waals surface area contributed by atoms with Gasteiger partial charge in [0, 0.05) is 21.9 Å². The molecule has 2 aromatic heterocycles. The molecular weight excluding hydrogens is 484 g/mol. The van der Waals surface area contributed by atoms with E-state index in [1.165, 1.54) is 20.8 Å². The molecule has 0 spiro atoms. The third kappa shape index (κ3) is 4.48. The Labute approximate surface area is 219 Å². The third-order valence-electron chi connectivity index (χ3n) is 7.13. The molecule has 0 fully saturated rings. The summed E-state index contributed by atoms with van der Waals surface area (Å²) in [6.07, 6.45) is 4.37. The van der Waals surface area contributed by atoms with Gasteiger partial charge in [-0.1, -0.05) is 31.2 Å². The number of ether oxygens (including phenoxy) is 1. The second-order valence-electron chi connectivity index (χ2n) is 9.70. The van der Waals surface area contributed by atoms with Crippen LogP contribution in [0.15, 0.2) is 52.3 Å². The minimum Gasteiger partial charge on any atom is -0.494 e. The topological polar surface area (TPSA) is 80.9 Å². The molecule has 1 aliphatic carbocycles. The first-order chi connectivity index (χ1) is 17.8. The van der Waals surface area contributed by atoms with Gasteiger partial charge in [-0.3, -0.25) is 4.79 Å². The second-order valence-corrected chi connectivity index (χ2v) is 10.8. The van der Waals surface area contributed by atoms with Crippen molar-refractivity contribution in [2.24, 2.45) is 10.9 Å². The average molecular weight is 515 g/mol. The highest BCUT2D eigenvalue weighted by Gasteiger charge is 2.28. The maximum absolute atomic E-state index is 13.5. The number of hydrogen-bond donors (Lipinski definition) is 1. The van der Waals surface area contributed by atoms with Crippen LogP contribution in [0.5, 0.6) is 5.88 Å².